The molecule has 10 heavy (non-hydrogen) atoms. The van der Waals surface area contributed by atoms with Gasteiger partial charge in [-0.05, 0) is 6.42 Å². The molecule has 0 spiro atoms. The van der Waals surface area contributed by atoms with Crippen molar-refractivity contribution in [1.82, 2.24) is 0 Å². The molecule has 0 aliphatic rings. The standard InChI is InChI=1S/C7H14O2.Bi.3H/c1-3-4-5-6(2)7(8)9;;;;/h6H,3-5H2,1-2H3,(H,8,9);;;;. The number of hydrogen-bond acceptors (Lipinski definition) is 1. The molecule has 0 aromatic rings. The Bertz CT molecular complexity index is 93.6. The van der Waals surface area contributed by atoms with Crippen LogP contribution >= 0.6 is 0 Å². The predicted molar refractivity (Wildman–Crippen MR) is 46.3 cm³/mol. The van der Waals surface area contributed by atoms with Crippen LogP contribution in [0.4, 0.5) is 0 Å². The summed E-state index contributed by atoms with van der Waals surface area (Å²) in [5, 5.41) is 8.41. The van der Waals surface area contributed by atoms with E-state index >= 15 is 0 Å². The Morgan fingerprint density at radius 1 is 1.60 bits per heavy atom. The third-order valence-electron chi connectivity index (χ3n) is 1.41. The summed E-state index contributed by atoms with van der Waals surface area (Å²) in [6.07, 6.45) is 2.91. The molecule has 0 fully saturated rings. The molecule has 0 aromatic heterocycles. The van der Waals surface area contributed by atoms with Crippen molar-refractivity contribution in [3.05, 3.63) is 0 Å². The fraction of sp³-hybridized carbons (Fsp3) is 0.857. The van der Waals surface area contributed by atoms with Crippen molar-refractivity contribution < 1.29 is 9.90 Å². The minimum atomic E-state index is -0.677. The number of carboxylic acids is 1. The van der Waals surface area contributed by atoms with Gasteiger partial charge in [-0.15, -0.1) is 0 Å². The van der Waals surface area contributed by atoms with Crippen LogP contribution in [0, 0.1) is 5.92 Å². The zero-order valence-corrected chi connectivity index (χ0v) is 12.3. The van der Waals surface area contributed by atoms with Crippen molar-refractivity contribution >= 4 is 32.2 Å². The monoisotopic (exact) mass is 342 g/mol. The molecule has 0 amide bonds. The van der Waals surface area contributed by atoms with Crippen LogP contribution in [0.3, 0.4) is 0 Å². The van der Waals surface area contributed by atoms with E-state index in [1.165, 1.54) is 0 Å². The maximum atomic E-state index is 10.2. The Morgan fingerprint density at radius 2 is 2.10 bits per heavy atom. The van der Waals surface area contributed by atoms with Crippen molar-refractivity contribution in [1.29, 1.82) is 0 Å². The third-order valence-corrected chi connectivity index (χ3v) is 1.41. The maximum absolute atomic E-state index is 10.2. The molecule has 62 valence electrons. The van der Waals surface area contributed by atoms with Crippen LogP contribution in [0.1, 0.15) is 33.1 Å². The molecule has 0 saturated heterocycles. The number of rotatable bonds is 4. The van der Waals surface area contributed by atoms with E-state index in [1.54, 1.807) is 6.92 Å². The summed E-state index contributed by atoms with van der Waals surface area (Å²) in [5.74, 6) is -0.839. The average Bonchev–Trinajstić information content (AvgIpc) is 1.82. The van der Waals surface area contributed by atoms with Crippen LogP contribution in [0.2, 0.25) is 0 Å². The van der Waals surface area contributed by atoms with E-state index in [0.717, 1.165) is 19.3 Å². The van der Waals surface area contributed by atoms with Crippen molar-refractivity contribution in [2.75, 3.05) is 0 Å². The molecular formula is C7H17BiO2. The Morgan fingerprint density at radius 3 is 2.40 bits per heavy atom. The normalized spacial score (nSPS) is 11.8. The summed E-state index contributed by atoms with van der Waals surface area (Å²) in [6, 6.07) is 0. The van der Waals surface area contributed by atoms with Crippen molar-refractivity contribution in [3.8, 4) is 0 Å². The van der Waals surface area contributed by atoms with Gasteiger partial charge < -0.3 is 5.11 Å². The summed E-state index contributed by atoms with van der Waals surface area (Å²) in [7, 11) is 0. The summed E-state index contributed by atoms with van der Waals surface area (Å²) in [4.78, 5) is 10.2. The van der Waals surface area contributed by atoms with Crippen LogP contribution in [0.15, 0.2) is 0 Å². The van der Waals surface area contributed by atoms with Gasteiger partial charge >= 0.3 is 32.2 Å². The van der Waals surface area contributed by atoms with Gasteiger partial charge in [-0.1, -0.05) is 26.7 Å². The number of hydrogen-bond donors (Lipinski definition) is 1. The third kappa shape index (κ3) is 6.47. The van der Waals surface area contributed by atoms with E-state index in [-0.39, 0.29) is 32.1 Å². The van der Waals surface area contributed by atoms with Crippen LogP contribution < -0.4 is 0 Å². The molecule has 0 saturated carbocycles. The SMILES string of the molecule is CCCCC(C)C(=O)O.[BiH3]. The second-order valence-corrected chi connectivity index (χ2v) is 2.38. The van der Waals surface area contributed by atoms with E-state index in [0.29, 0.717) is 0 Å². The molecule has 0 aliphatic heterocycles. The number of aliphatic carboxylic acids is 1. The number of carbonyl (C=O) groups is 1. The first-order chi connectivity index (χ1) is 4.18. The van der Waals surface area contributed by atoms with Crippen molar-refractivity contribution in [3.63, 3.8) is 0 Å². The fourth-order valence-electron chi connectivity index (χ4n) is 0.634. The van der Waals surface area contributed by atoms with Gasteiger partial charge in [-0.3, -0.25) is 4.79 Å². The average molecular weight is 342 g/mol. The zero-order chi connectivity index (χ0) is 7.28. The molecule has 2 nitrogen and oxygen atoms in total. The van der Waals surface area contributed by atoms with Crippen LogP contribution in [-0.4, -0.2) is 37.3 Å². The van der Waals surface area contributed by atoms with Gasteiger partial charge in [0.05, 0.1) is 5.92 Å². The van der Waals surface area contributed by atoms with Gasteiger partial charge in [0.2, 0.25) is 0 Å². The second kappa shape index (κ2) is 7.46. The molecule has 1 atom stereocenters. The fourth-order valence-corrected chi connectivity index (χ4v) is 0.634. The van der Waals surface area contributed by atoms with E-state index in [9.17, 15) is 4.79 Å². The van der Waals surface area contributed by atoms with E-state index < -0.39 is 5.97 Å². The second-order valence-electron chi connectivity index (χ2n) is 2.38. The van der Waals surface area contributed by atoms with Gasteiger partial charge in [0.25, 0.3) is 0 Å². The summed E-state index contributed by atoms with van der Waals surface area (Å²) in [5.41, 5.74) is 0. The van der Waals surface area contributed by atoms with Gasteiger partial charge in [0.15, 0.2) is 0 Å². The Kier molecular flexibility index (Phi) is 9.68. The van der Waals surface area contributed by atoms with Gasteiger partial charge in [0.1, 0.15) is 0 Å². The molecule has 0 rings (SSSR count). The molecule has 0 bridgehead atoms. The predicted octanol–water partition coefficient (Wildman–Crippen LogP) is 0.713. The summed E-state index contributed by atoms with van der Waals surface area (Å²) in [6.45, 7) is 3.81. The van der Waals surface area contributed by atoms with Crippen molar-refractivity contribution in [2.24, 2.45) is 5.92 Å². The molecule has 0 aromatic carbocycles. The first-order valence-electron chi connectivity index (χ1n) is 3.41. The van der Waals surface area contributed by atoms with Gasteiger partial charge in [0, 0.05) is 0 Å². The van der Waals surface area contributed by atoms with Gasteiger partial charge in [-0.2, -0.15) is 0 Å². The zero-order valence-electron chi connectivity index (χ0n) is 6.76. The topological polar surface area (TPSA) is 37.3 Å². The molecule has 1 unspecified atom stereocenters. The quantitative estimate of drug-likeness (QED) is 0.765. The molecule has 3 heteroatoms. The first-order valence-corrected chi connectivity index (χ1v) is 3.41. The van der Waals surface area contributed by atoms with Crippen molar-refractivity contribution in [2.45, 2.75) is 33.1 Å². The van der Waals surface area contributed by atoms with E-state index in [2.05, 4.69) is 6.92 Å². The Labute approximate surface area is 81.1 Å². The first kappa shape index (κ1) is 13.0. The Hall–Kier alpha value is 0.353. The van der Waals surface area contributed by atoms with Crippen LogP contribution in [0.25, 0.3) is 0 Å². The summed E-state index contributed by atoms with van der Waals surface area (Å²) < 4.78 is 0. The molecular weight excluding hydrogens is 325 g/mol. The Balaban J connectivity index is 0. The number of unbranched alkanes of at least 4 members (excludes halogenated alkanes) is 1. The van der Waals surface area contributed by atoms with Crippen LogP contribution in [-0.2, 0) is 4.79 Å². The van der Waals surface area contributed by atoms with E-state index in [4.69, 9.17) is 5.11 Å². The molecule has 0 heterocycles. The molecule has 0 aliphatic carbocycles. The minimum absolute atomic E-state index is 0. The number of carboxylic acid groups (broad SMARTS) is 1. The van der Waals surface area contributed by atoms with Gasteiger partial charge in [-0.25, -0.2) is 0 Å². The molecule has 1 N–H and O–H groups in total. The molecule has 0 radical (unpaired) electrons. The summed E-state index contributed by atoms with van der Waals surface area (Å²) >= 11 is 0. The van der Waals surface area contributed by atoms with Crippen LogP contribution in [0.5, 0.6) is 0 Å². The van der Waals surface area contributed by atoms with E-state index in [1.807, 2.05) is 0 Å².